The summed E-state index contributed by atoms with van der Waals surface area (Å²) in [5, 5.41) is 2.89. The van der Waals surface area contributed by atoms with Crippen LogP contribution >= 0.6 is 15.9 Å². The molecule has 4 rings (SSSR count). The van der Waals surface area contributed by atoms with Crippen LogP contribution in [0.1, 0.15) is 30.5 Å². The SMILES string of the molecule is Cc1ccc(S(=O)(=O)N(CC(=O)N(Cc2ccccc2F)[C@H](Cc2ccccc2)C(=O)NC(C)C)c2ccc(Br)cc2)cc1. The van der Waals surface area contributed by atoms with Gasteiger partial charge in [-0.15, -0.1) is 0 Å². The summed E-state index contributed by atoms with van der Waals surface area (Å²) in [6, 6.07) is 26.9. The van der Waals surface area contributed by atoms with Crippen LogP contribution in [0.3, 0.4) is 0 Å². The summed E-state index contributed by atoms with van der Waals surface area (Å²) in [5.74, 6) is -1.62. The molecule has 0 saturated carbocycles. The van der Waals surface area contributed by atoms with Gasteiger partial charge in [-0.2, -0.15) is 0 Å². The Morgan fingerprint density at radius 1 is 0.864 bits per heavy atom. The summed E-state index contributed by atoms with van der Waals surface area (Å²) in [5.41, 5.74) is 2.14. The third kappa shape index (κ3) is 8.33. The van der Waals surface area contributed by atoms with Gasteiger partial charge in [0.25, 0.3) is 10.0 Å². The number of nitrogens with zero attached hydrogens (tertiary/aromatic N) is 2. The number of rotatable bonds is 12. The van der Waals surface area contributed by atoms with Crippen molar-refractivity contribution in [1.29, 1.82) is 0 Å². The Labute approximate surface area is 266 Å². The molecule has 230 valence electrons. The molecule has 7 nitrogen and oxygen atoms in total. The maximum atomic E-state index is 15.0. The van der Waals surface area contributed by atoms with Gasteiger partial charge >= 0.3 is 0 Å². The van der Waals surface area contributed by atoms with E-state index in [0.717, 1.165) is 19.9 Å². The molecule has 1 atom stereocenters. The fraction of sp³-hybridized carbons (Fsp3) is 0.235. The van der Waals surface area contributed by atoms with Gasteiger partial charge in [-0.3, -0.25) is 13.9 Å². The number of benzene rings is 4. The molecule has 0 unspecified atom stereocenters. The van der Waals surface area contributed by atoms with Gasteiger partial charge in [0.05, 0.1) is 10.6 Å². The third-order valence-electron chi connectivity index (χ3n) is 7.00. The number of hydrogen-bond acceptors (Lipinski definition) is 4. The molecule has 0 bridgehead atoms. The first-order chi connectivity index (χ1) is 21.0. The molecule has 0 aliphatic heterocycles. The van der Waals surface area contributed by atoms with Crippen LogP contribution in [0.15, 0.2) is 112 Å². The highest BCUT2D eigenvalue weighted by molar-refractivity contribution is 9.10. The molecule has 0 spiro atoms. The highest BCUT2D eigenvalue weighted by Gasteiger charge is 2.35. The second-order valence-electron chi connectivity index (χ2n) is 10.8. The highest BCUT2D eigenvalue weighted by atomic mass is 79.9. The number of carbonyl (C=O) groups is 2. The van der Waals surface area contributed by atoms with E-state index in [0.29, 0.717) is 0 Å². The topological polar surface area (TPSA) is 86.8 Å². The Morgan fingerprint density at radius 3 is 2.09 bits per heavy atom. The molecule has 4 aromatic rings. The molecule has 0 heterocycles. The van der Waals surface area contributed by atoms with E-state index in [1.165, 1.54) is 23.1 Å². The van der Waals surface area contributed by atoms with Gasteiger partial charge in [-0.05, 0) is 68.8 Å². The summed E-state index contributed by atoms with van der Waals surface area (Å²) in [4.78, 5) is 29.3. The van der Waals surface area contributed by atoms with Gasteiger partial charge in [0.1, 0.15) is 18.4 Å². The summed E-state index contributed by atoms with van der Waals surface area (Å²) >= 11 is 3.38. The van der Waals surface area contributed by atoms with Crippen LogP contribution in [0.5, 0.6) is 0 Å². The average molecular weight is 681 g/mol. The zero-order chi connectivity index (χ0) is 31.9. The van der Waals surface area contributed by atoms with E-state index in [2.05, 4.69) is 21.2 Å². The Hall–Kier alpha value is -4.02. The summed E-state index contributed by atoms with van der Waals surface area (Å²) in [6.07, 6.45) is 0.141. The molecule has 10 heteroatoms. The van der Waals surface area contributed by atoms with Crippen molar-refractivity contribution in [3.8, 4) is 0 Å². The number of anilines is 1. The predicted octanol–water partition coefficient (Wildman–Crippen LogP) is 6.26. The number of aryl methyl sites for hydroxylation is 1. The predicted molar refractivity (Wildman–Crippen MR) is 174 cm³/mol. The van der Waals surface area contributed by atoms with Crippen molar-refractivity contribution >= 4 is 43.5 Å². The monoisotopic (exact) mass is 679 g/mol. The maximum absolute atomic E-state index is 15.0. The van der Waals surface area contributed by atoms with Crippen molar-refractivity contribution in [1.82, 2.24) is 10.2 Å². The van der Waals surface area contributed by atoms with Crippen LogP contribution in [0.25, 0.3) is 0 Å². The van der Waals surface area contributed by atoms with Crippen molar-refractivity contribution in [2.75, 3.05) is 10.8 Å². The number of sulfonamides is 1. The van der Waals surface area contributed by atoms with E-state index < -0.39 is 40.2 Å². The number of hydrogen-bond donors (Lipinski definition) is 1. The lowest BCUT2D eigenvalue weighted by Gasteiger charge is -2.34. The maximum Gasteiger partial charge on any atom is 0.264 e. The molecular formula is C34H35BrFN3O4S. The van der Waals surface area contributed by atoms with Crippen LogP contribution in [0.4, 0.5) is 10.1 Å². The standard InChI is InChI=1S/C34H35BrFN3O4S/c1-24(2)37-34(41)32(21-26-9-5-4-6-10-26)38(22-27-11-7-8-12-31(27)36)33(40)23-39(29-17-15-28(35)16-18-29)44(42,43)30-19-13-25(3)14-20-30/h4-20,24,32H,21-23H2,1-3H3,(H,37,41)/t32-/m1/s1. The minimum atomic E-state index is -4.22. The Bertz CT molecular complexity index is 1680. The van der Waals surface area contributed by atoms with Gasteiger partial charge in [0, 0.05) is 29.0 Å². The highest BCUT2D eigenvalue weighted by Crippen LogP contribution is 2.27. The van der Waals surface area contributed by atoms with Gasteiger partial charge < -0.3 is 10.2 Å². The molecule has 1 N–H and O–H groups in total. The fourth-order valence-electron chi connectivity index (χ4n) is 4.72. The van der Waals surface area contributed by atoms with Gasteiger partial charge in [0.15, 0.2) is 0 Å². The molecule has 4 aromatic carbocycles. The molecule has 2 amide bonds. The normalized spacial score (nSPS) is 12.0. The summed E-state index contributed by atoms with van der Waals surface area (Å²) in [6.45, 7) is 4.61. The van der Waals surface area contributed by atoms with E-state index in [9.17, 15) is 22.4 Å². The van der Waals surface area contributed by atoms with Crippen LogP contribution in [0.2, 0.25) is 0 Å². The van der Waals surface area contributed by atoms with Crippen molar-refractivity contribution in [2.24, 2.45) is 0 Å². The van der Waals surface area contributed by atoms with E-state index in [1.807, 2.05) is 51.1 Å². The molecule has 44 heavy (non-hydrogen) atoms. The molecule has 0 saturated heterocycles. The number of carbonyl (C=O) groups excluding carboxylic acids is 2. The lowest BCUT2D eigenvalue weighted by atomic mass is 10.0. The van der Waals surface area contributed by atoms with Gasteiger partial charge in [-0.1, -0.05) is 82.2 Å². The third-order valence-corrected chi connectivity index (χ3v) is 9.32. The van der Waals surface area contributed by atoms with Crippen molar-refractivity contribution in [3.63, 3.8) is 0 Å². The smallest absolute Gasteiger partial charge is 0.264 e. The first kappa shape index (κ1) is 32.9. The first-order valence-corrected chi connectivity index (χ1v) is 16.4. The summed E-state index contributed by atoms with van der Waals surface area (Å²) in [7, 11) is -4.22. The van der Waals surface area contributed by atoms with Crippen LogP contribution < -0.4 is 9.62 Å². The van der Waals surface area contributed by atoms with Gasteiger partial charge in [-0.25, -0.2) is 12.8 Å². The Morgan fingerprint density at radius 2 is 1.48 bits per heavy atom. The Kier molecular flexibility index (Phi) is 10.9. The second kappa shape index (κ2) is 14.6. The van der Waals surface area contributed by atoms with E-state index >= 15 is 0 Å². The molecule has 0 aliphatic rings. The van der Waals surface area contributed by atoms with E-state index in [1.54, 1.807) is 54.6 Å². The van der Waals surface area contributed by atoms with Crippen molar-refractivity contribution < 1.29 is 22.4 Å². The zero-order valence-corrected chi connectivity index (χ0v) is 27.2. The zero-order valence-electron chi connectivity index (χ0n) is 24.8. The van der Waals surface area contributed by atoms with Crippen LogP contribution in [-0.4, -0.2) is 43.8 Å². The van der Waals surface area contributed by atoms with E-state index in [4.69, 9.17) is 0 Å². The molecule has 0 radical (unpaired) electrons. The minimum absolute atomic E-state index is 0.0119. The van der Waals surface area contributed by atoms with Crippen LogP contribution in [0, 0.1) is 12.7 Å². The summed E-state index contributed by atoms with van der Waals surface area (Å²) < 4.78 is 44.8. The average Bonchev–Trinajstić information content (AvgIpc) is 2.99. The van der Waals surface area contributed by atoms with Crippen molar-refractivity contribution in [3.05, 3.63) is 130 Å². The number of nitrogens with one attached hydrogen (secondary N) is 1. The Balaban J connectivity index is 1.81. The number of halogens is 2. The van der Waals surface area contributed by atoms with Crippen molar-refractivity contribution in [2.45, 2.75) is 50.7 Å². The number of amides is 2. The molecule has 0 fully saturated rings. The first-order valence-electron chi connectivity index (χ1n) is 14.2. The largest absolute Gasteiger partial charge is 0.352 e. The van der Waals surface area contributed by atoms with E-state index in [-0.39, 0.29) is 35.2 Å². The van der Waals surface area contributed by atoms with Crippen LogP contribution in [-0.2, 0) is 32.6 Å². The molecular weight excluding hydrogens is 645 g/mol. The molecule has 0 aliphatic carbocycles. The molecule has 0 aromatic heterocycles. The minimum Gasteiger partial charge on any atom is -0.352 e. The lowest BCUT2D eigenvalue weighted by molar-refractivity contribution is -0.140. The second-order valence-corrected chi connectivity index (χ2v) is 13.6. The fourth-order valence-corrected chi connectivity index (χ4v) is 6.40. The van der Waals surface area contributed by atoms with Gasteiger partial charge in [0.2, 0.25) is 11.8 Å². The lowest BCUT2D eigenvalue weighted by Crippen LogP contribution is -2.54. The quantitative estimate of drug-likeness (QED) is 0.192.